The highest BCUT2D eigenvalue weighted by Crippen LogP contribution is 2.07. The van der Waals surface area contributed by atoms with Crippen LogP contribution in [0.1, 0.15) is 0 Å². The molecule has 0 aliphatic carbocycles. The second kappa shape index (κ2) is 4.04. The zero-order chi connectivity index (χ0) is 7.40. The lowest BCUT2D eigenvalue weighted by Crippen LogP contribution is -2.28. The molecule has 1 heterocycles. The molecule has 2 atom stereocenters. The molecular weight excluding hydrogens is 167 g/mol. The van der Waals surface area contributed by atoms with Gasteiger partial charge in [-0.3, -0.25) is 0 Å². The van der Waals surface area contributed by atoms with E-state index in [9.17, 15) is 4.79 Å². The Balaban J connectivity index is 2.12. The molecule has 0 bridgehead atoms. The molecule has 5 heteroatoms. The van der Waals surface area contributed by atoms with Gasteiger partial charge in [-0.15, -0.1) is 9.24 Å². The number of carbonyl (C=O) groups is 1. The van der Waals surface area contributed by atoms with Gasteiger partial charge in [0.1, 0.15) is 0 Å². The number of hydrogen-bond acceptors (Lipinski definition) is 2. The molecule has 2 amide bonds. The van der Waals surface area contributed by atoms with Gasteiger partial charge in [-0.1, -0.05) is 0 Å². The number of urea groups is 1. The van der Waals surface area contributed by atoms with Crippen molar-refractivity contribution < 1.29 is 4.79 Å². The van der Waals surface area contributed by atoms with Gasteiger partial charge in [0.05, 0.1) is 6.04 Å². The first-order valence-electron chi connectivity index (χ1n) is 3.15. The predicted octanol–water partition coefficient (Wildman–Crippen LogP) is 0.234. The fourth-order valence-electron chi connectivity index (χ4n) is 0.814. The number of carbonyl (C=O) groups excluding carboxylic acids is 1. The molecule has 1 rings (SSSR count). The maximum absolute atomic E-state index is 10.6. The van der Waals surface area contributed by atoms with E-state index in [-0.39, 0.29) is 6.03 Å². The molecule has 2 unspecified atom stereocenters. The summed E-state index contributed by atoms with van der Waals surface area (Å²) in [6.45, 7) is 0.774. The van der Waals surface area contributed by atoms with Crippen molar-refractivity contribution in [3.8, 4) is 0 Å². The van der Waals surface area contributed by atoms with E-state index in [1.54, 1.807) is 0 Å². The van der Waals surface area contributed by atoms with Crippen molar-refractivity contribution in [2.75, 3.05) is 17.8 Å². The number of amides is 2. The van der Waals surface area contributed by atoms with Gasteiger partial charge in [0.25, 0.3) is 0 Å². The molecule has 10 heavy (non-hydrogen) atoms. The van der Waals surface area contributed by atoms with Gasteiger partial charge in [-0.05, 0) is 0 Å². The first kappa shape index (κ1) is 8.15. The number of thioether (sulfide) groups is 1. The minimum Gasteiger partial charge on any atom is -0.336 e. The number of hydrogen-bond donors (Lipinski definition) is 2. The fourth-order valence-corrected chi connectivity index (χ4v) is 1.84. The highest BCUT2D eigenvalue weighted by molar-refractivity contribution is 8.02. The summed E-state index contributed by atoms with van der Waals surface area (Å²) >= 11 is 1.82. The van der Waals surface area contributed by atoms with Crippen LogP contribution in [0, 0.1) is 0 Å². The zero-order valence-corrected chi connectivity index (χ0v) is 7.56. The SMILES string of the molecule is O=C1NCC(CSCP)N1. The minimum absolute atomic E-state index is 0.0330. The van der Waals surface area contributed by atoms with Gasteiger partial charge in [0.2, 0.25) is 0 Å². The van der Waals surface area contributed by atoms with Crippen LogP contribution < -0.4 is 10.6 Å². The highest BCUT2D eigenvalue weighted by atomic mass is 32.2. The van der Waals surface area contributed by atoms with Crippen molar-refractivity contribution in [2.24, 2.45) is 0 Å². The molecule has 0 saturated carbocycles. The van der Waals surface area contributed by atoms with Gasteiger partial charge < -0.3 is 10.6 Å². The summed E-state index contributed by atoms with van der Waals surface area (Å²) < 4.78 is 0. The zero-order valence-electron chi connectivity index (χ0n) is 5.59. The monoisotopic (exact) mass is 178 g/mol. The smallest absolute Gasteiger partial charge is 0.315 e. The largest absolute Gasteiger partial charge is 0.336 e. The molecule has 1 aliphatic rings. The topological polar surface area (TPSA) is 41.1 Å². The second-order valence-corrected chi connectivity index (χ2v) is 4.16. The van der Waals surface area contributed by atoms with Crippen molar-refractivity contribution in [3.05, 3.63) is 0 Å². The minimum atomic E-state index is -0.0330. The van der Waals surface area contributed by atoms with Crippen LogP contribution in [0.3, 0.4) is 0 Å². The summed E-state index contributed by atoms with van der Waals surface area (Å²) in [5.74, 6) is 1.00. The quantitative estimate of drug-likeness (QED) is 0.607. The van der Waals surface area contributed by atoms with Crippen LogP contribution in [0.5, 0.6) is 0 Å². The first-order chi connectivity index (χ1) is 4.83. The lowest BCUT2D eigenvalue weighted by atomic mass is 10.4. The summed E-state index contributed by atoms with van der Waals surface area (Å²) in [4.78, 5) is 10.6. The van der Waals surface area contributed by atoms with Crippen LogP contribution in [0.4, 0.5) is 4.79 Å². The van der Waals surface area contributed by atoms with Gasteiger partial charge in [-0.2, -0.15) is 11.8 Å². The summed E-state index contributed by atoms with van der Waals surface area (Å²) in [7, 11) is 2.65. The van der Waals surface area contributed by atoms with Crippen LogP contribution in [0.25, 0.3) is 0 Å². The van der Waals surface area contributed by atoms with Crippen molar-refractivity contribution in [1.82, 2.24) is 10.6 Å². The van der Waals surface area contributed by atoms with Gasteiger partial charge in [0.15, 0.2) is 0 Å². The van der Waals surface area contributed by atoms with E-state index in [0.29, 0.717) is 6.04 Å². The van der Waals surface area contributed by atoms with E-state index in [2.05, 4.69) is 19.9 Å². The molecule has 3 nitrogen and oxygen atoms in total. The van der Waals surface area contributed by atoms with E-state index >= 15 is 0 Å². The van der Waals surface area contributed by atoms with E-state index in [0.717, 1.165) is 17.8 Å². The maximum Gasteiger partial charge on any atom is 0.315 e. The molecule has 1 saturated heterocycles. The van der Waals surface area contributed by atoms with Crippen molar-refractivity contribution >= 4 is 27.0 Å². The predicted molar refractivity (Wildman–Crippen MR) is 47.4 cm³/mol. The molecule has 0 radical (unpaired) electrons. The summed E-state index contributed by atoms with van der Waals surface area (Å²) in [6.07, 6.45) is 0. The molecule has 0 aromatic carbocycles. The van der Waals surface area contributed by atoms with E-state index in [1.165, 1.54) is 0 Å². The molecule has 1 fully saturated rings. The third-order valence-electron chi connectivity index (χ3n) is 1.28. The standard InChI is InChI=1S/C5H11N2OPS/c8-5-6-1-4(7-5)2-10-3-9/h4H,1-3,9H2,(H2,6,7,8). The normalized spacial score (nSPS) is 24.1. The average molecular weight is 178 g/mol. The Morgan fingerprint density at radius 3 is 3.10 bits per heavy atom. The van der Waals surface area contributed by atoms with Crippen molar-refractivity contribution in [1.29, 1.82) is 0 Å². The molecule has 58 valence electrons. The summed E-state index contributed by atoms with van der Waals surface area (Å²) in [6, 6.07) is 0.299. The molecular formula is C5H11N2OPS. The maximum atomic E-state index is 10.6. The van der Waals surface area contributed by atoms with Crippen LogP contribution >= 0.6 is 21.0 Å². The van der Waals surface area contributed by atoms with Crippen LogP contribution in [0.2, 0.25) is 0 Å². The van der Waals surface area contributed by atoms with Gasteiger partial charge >= 0.3 is 6.03 Å². The lowest BCUT2D eigenvalue weighted by Gasteiger charge is -2.04. The second-order valence-electron chi connectivity index (χ2n) is 2.09. The Labute approximate surface area is 66.9 Å². The molecule has 0 aromatic heterocycles. The Morgan fingerprint density at radius 1 is 1.80 bits per heavy atom. The third-order valence-corrected chi connectivity index (χ3v) is 2.86. The van der Waals surface area contributed by atoms with E-state index in [4.69, 9.17) is 0 Å². The van der Waals surface area contributed by atoms with Crippen molar-refractivity contribution in [2.45, 2.75) is 6.04 Å². The first-order valence-corrected chi connectivity index (χ1v) is 5.12. The number of rotatable bonds is 3. The van der Waals surface area contributed by atoms with E-state index in [1.807, 2.05) is 11.8 Å². The average Bonchev–Trinajstić information content (AvgIpc) is 2.31. The van der Waals surface area contributed by atoms with Gasteiger partial charge in [-0.25, -0.2) is 4.79 Å². The number of nitrogens with one attached hydrogen (secondary N) is 2. The molecule has 2 N–H and O–H groups in total. The molecule has 0 aromatic rings. The lowest BCUT2D eigenvalue weighted by molar-refractivity contribution is 0.247. The van der Waals surface area contributed by atoms with Crippen LogP contribution in [0.15, 0.2) is 0 Å². The third kappa shape index (κ3) is 2.35. The van der Waals surface area contributed by atoms with Gasteiger partial charge in [0, 0.05) is 17.8 Å². The summed E-state index contributed by atoms with van der Waals surface area (Å²) in [5.41, 5.74) is 1.03. The van der Waals surface area contributed by atoms with Crippen molar-refractivity contribution in [3.63, 3.8) is 0 Å². The highest BCUT2D eigenvalue weighted by Gasteiger charge is 2.18. The summed E-state index contributed by atoms with van der Waals surface area (Å²) in [5, 5.41) is 5.52. The Bertz CT molecular complexity index is 133. The Hall–Kier alpha value is 0.0500. The fraction of sp³-hybridized carbons (Fsp3) is 0.800. The van der Waals surface area contributed by atoms with E-state index < -0.39 is 0 Å². The van der Waals surface area contributed by atoms with Crippen LogP contribution in [-0.4, -0.2) is 29.9 Å². The molecule has 0 spiro atoms. The Morgan fingerprint density at radius 2 is 2.60 bits per heavy atom. The Kier molecular flexibility index (Phi) is 3.29. The van der Waals surface area contributed by atoms with Crippen LogP contribution in [-0.2, 0) is 0 Å². The molecule has 1 aliphatic heterocycles.